The summed E-state index contributed by atoms with van der Waals surface area (Å²) in [5, 5.41) is 27.0. The molecule has 2 N–H and O–H groups in total. The molecule has 2 saturated carbocycles. The highest BCUT2D eigenvalue weighted by molar-refractivity contribution is 7.11. The molecule has 8 atom stereocenters. The van der Waals surface area contributed by atoms with Gasteiger partial charge in [-0.15, -0.1) is 22.7 Å². The fraction of sp³-hybridized carbons (Fsp3) is 0.478. The molecule has 1 aliphatic heterocycles. The molecule has 0 aromatic carbocycles. The molecule has 56 heavy (non-hydrogen) atoms. The van der Waals surface area contributed by atoms with Gasteiger partial charge in [0.05, 0.1) is 12.2 Å². The number of cyclic esters (lactones) is 2. The molecule has 0 spiro atoms. The number of nitrogens with zero attached hydrogens (tertiary/aromatic N) is 2. The molecular weight excluding hydrogens is 741 g/mol. The Hall–Kier alpha value is -3.96. The van der Waals surface area contributed by atoms with Crippen molar-refractivity contribution in [2.75, 3.05) is 0 Å². The Morgan fingerprint density at radius 3 is 1.62 bits per heavy atom. The second-order valence-corrected chi connectivity index (χ2v) is 17.9. The Kier molecular flexibility index (Phi) is 15.4. The maximum atomic E-state index is 13.4. The number of hydrogen-bond donors (Lipinski definition) is 2. The van der Waals surface area contributed by atoms with Gasteiger partial charge >= 0.3 is 11.9 Å². The molecule has 2 aromatic heterocycles. The fourth-order valence-electron chi connectivity index (χ4n) is 6.55. The van der Waals surface area contributed by atoms with E-state index in [0.717, 1.165) is 25.7 Å². The van der Waals surface area contributed by atoms with Gasteiger partial charge in [0.15, 0.2) is 11.4 Å². The molecule has 10 heteroatoms. The van der Waals surface area contributed by atoms with E-state index in [9.17, 15) is 19.8 Å². The Labute approximate surface area is 340 Å². The van der Waals surface area contributed by atoms with Gasteiger partial charge in [0.1, 0.15) is 22.2 Å². The first-order valence-electron chi connectivity index (χ1n) is 19.8. The monoisotopic (exact) mass is 798 g/mol. The van der Waals surface area contributed by atoms with Crippen LogP contribution in [0.5, 0.6) is 0 Å². The fourth-order valence-corrected chi connectivity index (χ4v) is 7.93. The van der Waals surface area contributed by atoms with Gasteiger partial charge in [0, 0.05) is 34.4 Å². The number of fused-ring (bicyclic) bond motifs is 6. The maximum absolute atomic E-state index is 13.4. The summed E-state index contributed by atoms with van der Waals surface area (Å²) in [5.41, 5.74) is -0.972. The molecule has 0 radical (unpaired) electrons. The van der Waals surface area contributed by atoms with Crippen molar-refractivity contribution in [1.29, 1.82) is 0 Å². The third kappa shape index (κ3) is 12.0. The first-order valence-corrected chi connectivity index (χ1v) is 21.6. The Morgan fingerprint density at radius 2 is 1.18 bits per heavy atom. The second kappa shape index (κ2) is 19.9. The lowest BCUT2D eigenvalue weighted by Crippen LogP contribution is -2.42. The second-order valence-electron chi connectivity index (χ2n) is 16.1. The van der Waals surface area contributed by atoms with Crippen LogP contribution >= 0.6 is 22.7 Å². The van der Waals surface area contributed by atoms with Crippen molar-refractivity contribution in [1.82, 2.24) is 9.97 Å². The normalized spacial score (nSPS) is 29.9. The molecular formula is C46H58N2O6S2. The van der Waals surface area contributed by atoms with Crippen LogP contribution in [0, 0.1) is 34.5 Å². The smallest absolute Gasteiger partial charge is 0.358 e. The summed E-state index contributed by atoms with van der Waals surface area (Å²) in [5.74, 6) is 0.538. The average molecular weight is 799 g/mol. The van der Waals surface area contributed by atoms with Gasteiger partial charge in [-0.3, -0.25) is 0 Å². The zero-order chi connectivity index (χ0) is 40.3. The van der Waals surface area contributed by atoms with Crippen molar-refractivity contribution in [2.24, 2.45) is 34.5 Å². The average Bonchev–Trinajstić information content (AvgIpc) is 3.96. The highest BCUT2D eigenvalue weighted by atomic mass is 32.1. The highest BCUT2D eigenvalue weighted by Gasteiger charge is 2.40. The van der Waals surface area contributed by atoms with E-state index in [-0.39, 0.29) is 11.4 Å². The van der Waals surface area contributed by atoms with Gasteiger partial charge in [0.2, 0.25) is 0 Å². The SMILES string of the molecule is C/C=C/[C@H](O)C(C)(C)[C@@H]1C/C=C\[C@H]2C[C@H]2/C=C/C=C\c2nc(cs2)C(=O)O[C@H](C(C)(C)[C@@H](O)/C=C/CCC)C/C=C\[C@H]2C[C@H]2/C=C/C=C\c2nc(cs2)C(=O)O1. The van der Waals surface area contributed by atoms with E-state index in [0.29, 0.717) is 46.5 Å². The lowest BCUT2D eigenvalue weighted by atomic mass is 9.78. The molecule has 300 valence electrons. The molecule has 2 aliphatic carbocycles. The van der Waals surface area contributed by atoms with E-state index in [2.05, 4.69) is 53.3 Å². The van der Waals surface area contributed by atoms with Gasteiger partial charge in [0.25, 0.3) is 0 Å². The van der Waals surface area contributed by atoms with Crippen LogP contribution in [0.3, 0.4) is 0 Å². The highest BCUT2D eigenvalue weighted by Crippen LogP contribution is 2.42. The number of allylic oxidation sites excluding steroid dienone is 10. The van der Waals surface area contributed by atoms with E-state index < -0.39 is 47.2 Å². The van der Waals surface area contributed by atoms with Crippen LogP contribution in [-0.2, 0) is 9.47 Å². The molecule has 3 heterocycles. The number of carbonyl (C=O) groups is 2. The van der Waals surface area contributed by atoms with Crippen LogP contribution in [0.15, 0.2) is 95.8 Å². The molecule has 3 aliphatic rings. The molecule has 0 saturated heterocycles. The minimum absolute atomic E-state index is 0.252. The summed E-state index contributed by atoms with van der Waals surface area (Å²) in [7, 11) is 0. The van der Waals surface area contributed by atoms with E-state index in [1.54, 1.807) is 22.9 Å². The minimum atomic E-state index is -0.799. The summed E-state index contributed by atoms with van der Waals surface area (Å²) in [4.78, 5) is 35.9. The quantitative estimate of drug-likeness (QED) is 0.200. The molecule has 8 nitrogen and oxygen atoms in total. The number of rotatable bonds is 8. The summed E-state index contributed by atoms with van der Waals surface area (Å²) < 4.78 is 12.2. The number of aliphatic hydroxyl groups is 2. The molecule has 2 fully saturated rings. The topological polar surface area (TPSA) is 119 Å². The number of thiazole rings is 2. The van der Waals surface area contributed by atoms with E-state index in [1.807, 2.05) is 83.2 Å². The lowest BCUT2D eigenvalue weighted by Gasteiger charge is -2.36. The van der Waals surface area contributed by atoms with Gasteiger partial charge in [-0.1, -0.05) is 126 Å². The summed E-state index contributed by atoms with van der Waals surface area (Å²) in [6, 6.07) is 0. The third-order valence-electron chi connectivity index (χ3n) is 11.0. The Balaban J connectivity index is 1.35. The Bertz CT molecular complexity index is 1870. The first kappa shape index (κ1) is 43.2. The van der Waals surface area contributed by atoms with Crippen LogP contribution < -0.4 is 0 Å². The number of carbonyl (C=O) groups excluding carboxylic acids is 2. The van der Waals surface area contributed by atoms with E-state index >= 15 is 0 Å². The predicted molar refractivity (Wildman–Crippen MR) is 228 cm³/mol. The number of ether oxygens (including phenoxy) is 2. The zero-order valence-electron chi connectivity index (χ0n) is 33.5. The van der Waals surface area contributed by atoms with Crippen molar-refractivity contribution in [2.45, 2.75) is 104 Å². The minimum Gasteiger partial charge on any atom is -0.457 e. The van der Waals surface area contributed by atoms with Gasteiger partial charge in [-0.2, -0.15) is 0 Å². The van der Waals surface area contributed by atoms with Crippen LogP contribution in [0.1, 0.15) is 111 Å². The van der Waals surface area contributed by atoms with Crippen LogP contribution in [0.25, 0.3) is 12.2 Å². The van der Waals surface area contributed by atoms with Crippen molar-refractivity contribution in [3.63, 3.8) is 0 Å². The lowest BCUT2D eigenvalue weighted by molar-refractivity contribution is -0.0461. The van der Waals surface area contributed by atoms with Gasteiger partial charge < -0.3 is 19.7 Å². The molecule has 0 unspecified atom stereocenters. The van der Waals surface area contributed by atoms with E-state index in [1.165, 1.54) is 22.7 Å². The molecule has 4 bridgehead atoms. The van der Waals surface area contributed by atoms with Crippen molar-refractivity contribution in [3.05, 3.63) is 117 Å². The van der Waals surface area contributed by atoms with Crippen molar-refractivity contribution >= 4 is 46.8 Å². The standard InChI is InChI=1S/C46H58N2O6S2/c1-7-9-10-22-38(50)46(5,6)40-24-16-21-34-28-32(34)19-12-13-25-41-47-35(29-55-41)43(51)53-39(45(3,4)37(49)17-8-2)23-15-20-33-27-31(33)18-11-14-26-42-48-36(30-56-42)44(52)54-40/h8,10-22,25-26,29-34,37-40,49-50H,7,9,23-24,27-28H2,1-6H3/b17-8+,18-11+,19-12+,20-15-,21-16-,22-10+,25-13-,26-14-/t31-,32-,33+,34+,37+,38+,39+,40+/m1/s1. The van der Waals surface area contributed by atoms with E-state index in [4.69, 9.17) is 9.47 Å². The molecule has 5 rings (SSSR count). The Morgan fingerprint density at radius 1 is 0.732 bits per heavy atom. The van der Waals surface area contributed by atoms with Crippen LogP contribution in [0.4, 0.5) is 0 Å². The number of aliphatic hydroxyl groups excluding tert-OH is 2. The van der Waals surface area contributed by atoms with Crippen molar-refractivity contribution in [3.8, 4) is 0 Å². The predicted octanol–water partition coefficient (Wildman–Crippen LogP) is 10.4. The van der Waals surface area contributed by atoms with Crippen molar-refractivity contribution < 1.29 is 29.3 Å². The summed E-state index contributed by atoms with van der Waals surface area (Å²) in [6.07, 6.45) is 33.9. The summed E-state index contributed by atoms with van der Waals surface area (Å²) in [6.45, 7) is 11.7. The third-order valence-corrected chi connectivity index (χ3v) is 12.6. The summed E-state index contributed by atoms with van der Waals surface area (Å²) >= 11 is 2.76. The zero-order valence-corrected chi connectivity index (χ0v) is 35.1. The molecule has 0 amide bonds. The molecule has 2 aromatic rings. The maximum Gasteiger partial charge on any atom is 0.358 e. The van der Waals surface area contributed by atoms with Crippen LogP contribution in [0.2, 0.25) is 0 Å². The largest absolute Gasteiger partial charge is 0.457 e. The van der Waals surface area contributed by atoms with Crippen LogP contribution in [-0.4, -0.2) is 56.5 Å². The number of unbranched alkanes of at least 4 members (excludes halogenated alkanes) is 1. The number of aromatic nitrogens is 2. The van der Waals surface area contributed by atoms with Gasteiger partial charge in [-0.05, 0) is 62.0 Å². The number of esters is 2. The number of hydrogen-bond acceptors (Lipinski definition) is 10. The van der Waals surface area contributed by atoms with Gasteiger partial charge in [-0.25, -0.2) is 19.6 Å². The first-order chi connectivity index (χ1) is 26.8.